The molecule has 5 heteroatoms. The Morgan fingerprint density at radius 1 is 1.56 bits per heavy atom. The molecular formula is C13H16FNO3. The molecule has 0 saturated heterocycles. The van der Waals surface area contributed by atoms with Crippen molar-refractivity contribution < 1.29 is 19.4 Å². The Balaban J connectivity index is 1.99. The van der Waals surface area contributed by atoms with Crippen molar-refractivity contribution in [2.24, 2.45) is 5.92 Å². The molecule has 1 saturated carbocycles. The van der Waals surface area contributed by atoms with Crippen LogP contribution in [0, 0.1) is 11.7 Å². The van der Waals surface area contributed by atoms with Crippen molar-refractivity contribution in [1.82, 2.24) is 5.32 Å². The minimum absolute atomic E-state index is 0.00277. The SMILES string of the molecule is CC(O)(CNC(=O)c1ccc(F)cc1O)C1CC1. The van der Waals surface area contributed by atoms with E-state index in [0.29, 0.717) is 0 Å². The molecule has 1 aromatic rings. The summed E-state index contributed by atoms with van der Waals surface area (Å²) in [5.74, 6) is -1.30. The molecule has 1 aliphatic carbocycles. The van der Waals surface area contributed by atoms with Gasteiger partial charge in [-0.1, -0.05) is 0 Å². The first-order chi connectivity index (χ1) is 8.40. The fraction of sp³-hybridized carbons (Fsp3) is 0.462. The lowest BCUT2D eigenvalue weighted by Crippen LogP contribution is -2.42. The number of phenolic OH excluding ortho intramolecular Hbond substituents is 1. The number of aliphatic hydroxyl groups is 1. The van der Waals surface area contributed by atoms with Gasteiger partial charge < -0.3 is 15.5 Å². The summed E-state index contributed by atoms with van der Waals surface area (Å²) in [6.45, 7) is 1.79. The van der Waals surface area contributed by atoms with Gasteiger partial charge in [-0.2, -0.15) is 0 Å². The number of nitrogens with one attached hydrogen (secondary N) is 1. The molecule has 1 aromatic carbocycles. The maximum absolute atomic E-state index is 12.8. The third-order valence-corrected chi connectivity index (χ3v) is 3.27. The molecule has 0 bridgehead atoms. The normalized spacial score (nSPS) is 18.2. The number of hydrogen-bond acceptors (Lipinski definition) is 3. The fourth-order valence-electron chi connectivity index (χ4n) is 1.90. The molecule has 18 heavy (non-hydrogen) atoms. The Hall–Kier alpha value is -1.62. The molecular weight excluding hydrogens is 237 g/mol. The smallest absolute Gasteiger partial charge is 0.255 e. The van der Waals surface area contributed by atoms with E-state index < -0.39 is 23.1 Å². The van der Waals surface area contributed by atoms with Crippen LogP contribution in [0.4, 0.5) is 4.39 Å². The largest absolute Gasteiger partial charge is 0.507 e. The molecule has 4 nitrogen and oxygen atoms in total. The Kier molecular flexibility index (Phi) is 3.26. The van der Waals surface area contributed by atoms with Crippen molar-refractivity contribution >= 4 is 5.91 Å². The second-order valence-corrected chi connectivity index (χ2v) is 4.98. The van der Waals surface area contributed by atoms with Crippen LogP contribution in [0.5, 0.6) is 5.75 Å². The zero-order valence-corrected chi connectivity index (χ0v) is 10.1. The number of halogens is 1. The van der Waals surface area contributed by atoms with Gasteiger partial charge in [0.2, 0.25) is 0 Å². The number of amides is 1. The van der Waals surface area contributed by atoms with Gasteiger partial charge in [-0.15, -0.1) is 0 Å². The molecule has 0 aromatic heterocycles. The van der Waals surface area contributed by atoms with Crippen LogP contribution in [0.25, 0.3) is 0 Å². The Morgan fingerprint density at radius 2 is 2.22 bits per heavy atom. The number of aromatic hydroxyl groups is 1. The van der Waals surface area contributed by atoms with Gasteiger partial charge >= 0.3 is 0 Å². The summed E-state index contributed by atoms with van der Waals surface area (Å²) in [5.41, 5.74) is -0.923. The second-order valence-electron chi connectivity index (χ2n) is 4.98. The molecule has 0 aliphatic heterocycles. The number of benzene rings is 1. The lowest BCUT2D eigenvalue weighted by atomic mass is 10.0. The zero-order valence-electron chi connectivity index (χ0n) is 10.1. The van der Waals surface area contributed by atoms with Crippen molar-refractivity contribution in [1.29, 1.82) is 0 Å². The van der Waals surface area contributed by atoms with E-state index in [0.717, 1.165) is 25.0 Å². The molecule has 98 valence electrons. The standard InChI is InChI=1S/C13H16FNO3/c1-13(18,8-2-3-8)7-15-12(17)10-5-4-9(14)6-11(10)16/h4-6,8,16,18H,2-3,7H2,1H3,(H,15,17). The quantitative estimate of drug-likeness (QED) is 0.760. The van der Waals surface area contributed by atoms with Crippen LogP contribution in [-0.2, 0) is 0 Å². The molecule has 0 spiro atoms. The average Bonchev–Trinajstić information content (AvgIpc) is 3.10. The molecule has 1 aliphatic rings. The topological polar surface area (TPSA) is 69.6 Å². The molecule has 0 heterocycles. The predicted octanol–water partition coefficient (Wildman–Crippen LogP) is 1.42. The second kappa shape index (κ2) is 4.57. The van der Waals surface area contributed by atoms with Crippen molar-refractivity contribution in [2.45, 2.75) is 25.4 Å². The Bertz CT molecular complexity index is 469. The van der Waals surface area contributed by atoms with Crippen LogP contribution in [0.15, 0.2) is 18.2 Å². The van der Waals surface area contributed by atoms with Gasteiger partial charge in [0.25, 0.3) is 5.91 Å². The fourth-order valence-corrected chi connectivity index (χ4v) is 1.90. The van der Waals surface area contributed by atoms with Gasteiger partial charge in [0.15, 0.2) is 0 Å². The van der Waals surface area contributed by atoms with Crippen LogP contribution in [-0.4, -0.2) is 28.3 Å². The zero-order chi connectivity index (χ0) is 13.3. The first-order valence-corrected chi connectivity index (χ1v) is 5.89. The summed E-state index contributed by atoms with van der Waals surface area (Å²) in [6, 6.07) is 3.20. The van der Waals surface area contributed by atoms with Gasteiger partial charge in [0.1, 0.15) is 11.6 Å². The van der Waals surface area contributed by atoms with Gasteiger partial charge in [0, 0.05) is 12.6 Å². The van der Waals surface area contributed by atoms with Crippen molar-refractivity contribution in [3.63, 3.8) is 0 Å². The van der Waals surface area contributed by atoms with Crippen LogP contribution >= 0.6 is 0 Å². The number of rotatable bonds is 4. The number of carbonyl (C=O) groups is 1. The minimum Gasteiger partial charge on any atom is -0.507 e. The molecule has 1 atom stereocenters. The number of carbonyl (C=O) groups excluding carboxylic acids is 1. The van der Waals surface area contributed by atoms with Crippen LogP contribution in [0.1, 0.15) is 30.1 Å². The lowest BCUT2D eigenvalue weighted by Gasteiger charge is -2.23. The predicted molar refractivity (Wildman–Crippen MR) is 63.7 cm³/mol. The molecule has 3 N–H and O–H groups in total. The minimum atomic E-state index is -0.925. The molecule has 1 amide bonds. The van der Waals surface area contributed by atoms with E-state index in [1.807, 2.05) is 0 Å². The third-order valence-electron chi connectivity index (χ3n) is 3.27. The highest BCUT2D eigenvalue weighted by atomic mass is 19.1. The van der Waals surface area contributed by atoms with Crippen LogP contribution in [0.2, 0.25) is 0 Å². The van der Waals surface area contributed by atoms with Gasteiger partial charge in [-0.25, -0.2) is 4.39 Å². The van der Waals surface area contributed by atoms with Gasteiger partial charge in [-0.3, -0.25) is 4.79 Å². The molecule has 0 radical (unpaired) electrons. The van der Waals surface area contributed by atoms with Crippen LogP contribution < -0.4 is 5.32 Å². The molecule has 1 unspecified atom stereocenters. The Labute approximate surface area is 104 Å². The highest BCUT2D eigenvalue weighted by molar-refractivity contribution is 5.96. The third kappa shape index (κ3) is 2.79. The molecule has 2 rings (SSSR count). The monoisotopic (exact) mass is 253 g/mol. The van der Waals surface area contributed by atoms with Gasteiger partial charge in [-0.05, 0) is 37.8 Å². The van der Waals surface area contributed by atoms with E-state index in [2.05, 4.69) is 5.32 Å². The Morgan fingerprint density at radius 3 is 2.78 bits per heavy atom. The van der Waals surface area contributed by atoms with E-state index >= 15 is 0 Å². The summed E-state index contributed by atoms with van der Waals surface area (Å²) < 4.78 is 12.8. The number of hydrogen-bond donors (Lipinski definition) is 3. The summed E-state index contributed by atoms with van der Waals surface area (Å²) in [5, 5.41) is 22.0. The highest BCUT2D eigenvalue weighted by Crippen LogP contribution is 2.39. The van der Waals surface area contributed by atoms with Crippen molar-refractivity contribution in [3.8, 4) is 5.75 Å². The summed E-state index contributed by atoms with van der Waals surface area (Å²) in [7, 11) is 0. The maximum Gasteiger partial charge on any atom is 0.255 e. The molecule has 1 fully saturated rings. The van der Waals surface area contributed by atoms with E-state index in [9.17, 15) is 19.4 Å². The van der Waals surface area contributed by atoms with Crippen molar-refractivity contribution in [3.05, 3.63) is 29.6 Å². The first kappa shape index (κ1) is 12.8. The summed E-state index contributed by atoms with van der Waals surface area (Å²) in [4.78, 5) is 11.8. The van der Waals surface area contributed by atoms with Gasteiger partial charge in [0.05, 0.1) is 11.2 Å². The summed E-state index contributed by atoms with van der Waals surface area (Å²) in [6.07, 6.45) is 1.93. The van der Waals surface area contributed by atoms with E-state index in [1.165, 1.54) is 6.07 Å². The van der Waals surface area contributed by atoms with E-state index in [-0.39, 0.29) is 18.0 Å². The van der Waals surface area contributed by atoms with E-state index in [1.54, 1.807) is 6.92 Å². The van der Waals surface area contributed by atoms with Crippen LogP contribution in [0.3, 0.4) is 0 Å². The average molecular weight is 253 g/mol. The summed E-state index contributed by atoms with van der Waals surface area (Å²) >= 11 is 0. The lowest BCUT2D eigenvalue weighted by molar-refractivity contribution is 0.0354. The first-order valence-electron chi connectivity index (χ1n) is 5.89. The number of phenols is 1. The maximum atomic E-state index is 12.8. The van der Waals surface area contributed by atoms with E-state index in [4.69, 9.17) is 0 Å². The van der Waals surface area contributed by atoms with Crippen molar-refractivity contribution in [2.75, 3.05) is 6.54 Å². The highest BCUT2D eigenvalue weighted by Gasteiger charge is 2.40.